The number of piperidine rings is 1. The van der Waals surface area contributed by atoms with Gasteiger partial charge in [-0.3, -0.25) is 0 Å². The Morgan fingerprint density at radius 3 is 2.50 bits per heavy atom. The van der Waals surface area contributed by atoms with Crippen molar-refractivity contribution in [2.45, 2.75) is 76.5 Å². The zero-order chi connectivity index (χ0) is 13.4. The lowest BCUT2D eigenvalue weighted by molar-refractivity contribution is -0.0185. The number of hydrogen-bond acceptors (Lipinski definition) is 3. The molecule has 1 aliphatic carbocycles. The molecule has 0 aromatic carbocycles. The molecule has 0 bridgehead atoms. The highest BCUT2D eigenvalue weighted by atomic mass is 16.6. The fourth-order valence-electron chi connectivity index (χ4n) is 3.38. The van der Waals surface area contributed by atoms with Gasteiger partial charge in [0.25, 0.3) is 0 Å². The Labute approximate surface area is 110 Å². The molecule has 2 rings (SSSR count). The maximum atomic E-state index is 12.4. The summed E-state index contributed by atoms with van der Waals surface area (Å²) in [5.74, 6) is 0. The third-order valence-corrected chi connectivity index (χ3v) is 4.21. The zero-order valence-electron chi connectivity index (χ0n) is 11.9. The van der Waals surface area contributed by atoms with Gasteiger partial charge in [0.1, 0.15) is 5.60 Å². The van der Waals surface area contributed by atoms with E-state index in [1.807, 2.05) is 25.7 Å². The van der Waals surface area contributed by atoms with Gasteiger partial charge >= 0.3 is 6.09 Å². The molecule has 0 radical (unpaired) electrons. The van der Waals surface area contributed by atoms with Gasteiger partial charge in [0.05, 0.1) is 5.54 Å². The van der Waals surface area contributed by atoms with Gasteiger partial charge in [-0.15, -0.1) is 0 Å². The SMILES string of the molecule is CC(C)(C)OC(=O)N1CCCCC12CCCC2N. The van der Waals surface area contributed by atoms with Gasteiger partial charge < -0.3 is 15.4 Å². The molecule has 2 aliphatic rings. The normalized spacial score (nSPS) is 32.9. The number of carbonyl (C=O) groups excluding carboxylic acids is 1. The molecule has 1 heterocycles. The van der Waals surface area contributed by atoms with Crippen LogP contribution in [0.5, 0.6) is 0 Å². The third kappa shape index (κ3) is 2.48. The smallest absolute Gasteiger partial charge is 0.410 e. The minimum absolute atomic E-state index is 0.116. The number of likely N-dealkylation sites (tertiary alicyclic amines) is 1. The fourth-order valence-corrected chi connectivity index (χ4v) is 3.38. The second kappa shape index (κ2) is 4.72. The predicted octanol–water partition coefficient (Wildman–Crippen LogP) is 2.66. The molecule has 4 nitrogen and oxygen atoms in total. The number of ether oxygens (including phenoxy) is 1. The topological polar surface area (TPSA) is 55.6 Å². The summed E-state index contributed by atoms with van der Waals surface area (Å²) in [5.41, 5.74) is 5.73. The van der Waals surface area contributed by atoms with Crippen LogP contribution in [0.4, 0.5) is 4.79 Å². The summed E-state index contributed by atoms with van der Waals surface area (Å²) in [6.07, 6.45) is 6.28. The van der Waals surface area contributed by atoms with E-state index in [1.165, 1.54) is 6.42 Å². The summed E-state index contributed by atoms with van der Waals surface area (Å²) in [4.78, 5) is 14.3. The Balaban J connectivity index is 2.16. The van der Waals surface area contributed by atoms with Crippen LogP contribution in [0.2, 0.25) is 0 Å². The standard InChI is InChI=1S/C14H26N2O2/c1-13(2,3)18-12(17)16-10-5-4-8-14(16)9-6-7-11(14)15/h11H,4-10,15H2,1-3H3. The summed E-state index contributed by atoms with van der Waals surface area (Å²) in [7, 11) is 0. The van der Waals surface area contributed by atoms with Gasteiger partial charge in [0.15, 0.2) is 0 Å². The summed E-state index contributed by atoms with van der Waals surface area (Å²) in [6, 6.07) is 0.116. The van der Waals surface area contributed by atoms with Crippen molar-refractivity contribution in [1.29, 1.82) is 0 Å². The Hall–Kier alpha value is -0.770. The maximum absolute atomic E-state index is 12.4. The zero-order valence-corrected chi connectivity index (χ0v) is 11.9. The predicted molar refractivity (Wildman–Crippen MR) is 71.3 cm³/mol. The minimum atomic E-state index is -0.432. The average Bonchev–Trinajstić information content (AvgIpc) is 2.59. The van der Waals surface area contributed by atoms with Crippen LogP contribution in [0.1, 0.15) is 59.3 Å². The summed E-state index contributed by atoms with van der Waals surface area (Å²) in [6.45, 7) is 6.53. The van der Waals surface area contributed by atoms with Crippen LogP contribution in [0, 0.1) is 0 Å². The van der Waals surface area contributed by atoms with Crippen LogP contribution < -0.4 is 5.73 Å². The van der Waals surface area contributed by atoms with E-state index >= 15 is 0 Å². The van der Waals surface area contributed by atoms with Crippen molar-refractivity contribution < 1.29 is 9.53 Å². The Morgan fingerprint density at radius 1 is 1.28 bits per heavy atom. The fraction of sp³-hybridized carbons (Fsp3) is 0.929. The number of rotatable bonds is 0. The quantitative estimate of drug-likeness (QED) is 0.723. The summed E-state index contributed by atoms with van der Waals surface area (Å²) < 4.78 is 5.54. The molecular formula is C14H26N2O2. The van der Waals surface area contributed by atoms with E-state index in [2.05, 4.69) is 0 Å². The van der Waals surface area contributed by atoms with Crippen LogP contribution in [0.15, 0.2) is 0 Å². The molecule has 1 spiro atoms. The van der Waals surface area contributed by atoms with Crippen molar-refractivity contribution in [3.63, 3.8) is 0 Å². The molecule has 2 unspecified atom stereocenters. The molecule has 4 heteroatoms. The summed E-state index contributed by atoms with van der Waals surface area (Å²) >= 11 is 0. The molecule has 1 amide bonds. The van der Waals surface area contributed by atoms with E-state index in [-0.39, 0.29) is 17.7 Å². The molecule has 0 aromatic rings. The van der Waals surface area contributed by atoms with Crippen LogP contribution in [0.25, 0.3) is 0 Å². The Bertz CT molecular complexity index is 324. The van der Waals surface area contributed by atoms with E-state index < -0.39 is 5.60 Å². The molecule has 2 fully saturated rings. The number of amides is 1. The molecule has 0 aromatic heterocycles. The first-order valence-electron chi connectivity index (χ1n) is 7.11. The number of hydrogen-bond donors (Lipinski definition) is 1. The Kier molecular flexibility index (Phi) is 3.58. The first-order valence-corrected chi connectivity index (χ1v) is 7.11. The molecular weight excluding hydrogens is 228 g/mol. The lowest BCUT2D eigenvalue weighted by Gasteiger charge is -2.47. The van der Waals surface area contributed by atoms with E-state index in [0.29, 0.717) is 0 Å². The molecule has 104 valence electrons. The lowest BCUT2D eigenvalue weighted by Crippen LogP contribution is -2.61. The van der Waals surface area contributed by atoms with Crippen LogP contribution in [0.3, 0.4) is 0 Å². The van der Waals surface area contributed by atoms with Gasteiger partial charge in [-0.05, 0) is 59.3 Å². The van der Waals surface area contributed by atoms with Gasteiger partial charge in [0.2, 0.25) is 0 Å². The Morgan fingerprint density at radius 2 is 1.94 bits per heavy atom. The molecule has 1 saturated heterocycles. The van der Waals surface area contributed by atoms with Crippen molar-refractivity contribution in [3.8, 4) is 0 Å². The molecule has 1 saturated carbocycles. The van der Waals surface area contributed by atoms with Crippen LogP contribution >= 0.6 is 0 Å². The highest BCUT2D eigenvalue weighted by molar-refractivity contribution is 5.69. The number of carbonyl (C=O) groups is 1. The first-order chi connectivity index (χ1) is 8.35. The van der Waals surface area contributed by atoms with Gasteiger partial charge in [-0.1, -0.05) is 0 Å². The number of nitrogens with zero attached hydrogens (tertiary/aromatic N) is 1. The minimum Gasteiger partial charge on any atom is -0.444 e. The highest BCUT2D eigenvalue weighted by Crippen LogP contribution is 2.41. The average molecular weight is 254 g/mol. The molecule has 18 heavy (non-hydrogen) atoms. The van der Waals surface area contributed by atoms with Crippen molar-refractivity contribution in [2.24, 2.45) is 5.73 Å². The first kappa shape index (κ1) is 13.7. The van der Waals surface area contributed by atoms with Gasteiger partial charge in [-0.2, -0.15) is 0 Å². The van der Waals surface area contributed by atoms with E-state index in [0.717, 1.165) is 38.6 Å². The molecule has 1 aliphatic heterocycles. The maximum Gasteiger partial charge on any atom is 0.410 e. The van der Waals surface area contributed by atoms with Crippen molar-refractivity contribution in [2.75, 3.05) is 6.54 Å². The van der Waals surface area contributed by atoms with Gasteiger partial charge in [-0.25, -0.2) is 4.79 Å². The van der Waals surface area contributed by atoms with Crippen molar-refractivity contribution in [1.82, 2.24) is 4.90 Å². The highest BCUT2D eigenvalue weighted by Gasteiger charge is 2.49. The monoisotopic (exact) mass is 254 g/mol. The molecule has 2 N–H and O–H groups in total. The van der Waals surface area contributed by atoms with Gasteiger partial charge in [0, 0.05) is 12.6 Å². The van der Waals surface area contributed by atoms with E-state index in [9.17, 15) is 4.79 Å². The number of nitrogens with two attached hydrogens (primary N) is 1. The second-order valence-electron chi connectivity index (χ2n) is 6.69. The second-order valence-corrected chi connectivity index (χ2v) is 6.69. The summed E-state index contributed by atoms with van der Waals surface area (Å²) in [5, 5.41) is 0. The largest absolute Gasteiger partial charge is 0.444 e. The lowest BCUT2D eigenvalue weighted by atomic mass is 9.82. The molecule has 2 atom stereocenters. The van der Waals surface area contributed by atoms with Crippen molar-refractivity contribution in [3.05, 3.63) is 0 Å². The van der Waals surface area contributed by atoms with Crippen LogP contribution in [-0.2, 0) is 4.74 Å². The van der Waals surface area contributed by atoms with Crippen LogP contribution in [-0.4, -0.2) is 34.7 Å². The van der Waals surface area contributed by atoms with Crippen molar-refractivity contribution >= 4 is 6.09 Å². The van der Waals surface area contributed by atoms with E-state index in [1.54, 1.807) is 0 Å². The third-order valence-electron chi connectivity index (χ3n) is 4.21. The van der Waals surface area contributed by atoms with E-state index in [4.69, 9.17) is 10.5 Å².